The van der Waals surface area contributed by atoms with Gasteiger partial charge in [0.1, 0.15) is 6.04 Å². The molecule has 0 heterocycles. The number of primary amides is 1. The molecule has 1 rings (SSSR count). The highest BCUT2D eigenvalue weighted by Crippen LogP contribution is 2.25. The van der Waals surface area contributed by atoms with Crippen molar-refractivity contribution in [1.29, 1.82) is 0 Å². The Hall–Kier alpha value is -2.09. The zero-order chi connectivity index (χ0) is 16.0. The van der Waals surface area contributed by atoms with Gasteiger partial charge in [0.05, 0.1) is 5.69 Å². The SMILES string of the molecule is Cc1cccc(NC(=O)N[C@@H](CCC(N)=O)C(=O)O)c1Br. The Kier molecular flexibility index (Phi) is 6.16. The molecule has 5 N–H and O–H groups in total. The van der Waals surface area contributed by atoms with Gasteiger partial charge in [-0.15, -0.1) is 0 Å². The maximum absolute atomic E-state index is 11.8. The van der Waals surface area contributed by atoms with Crippen LogP contribution in [-0.4, -0.2) is 29.1 Å². The molecule has 0 saturated heterocycles. The van der Waals surface area contributed by atoms with Crippen molar-refractivity contribution < 1.29 is 19.5 Å². The first-order valence-electron chi connectivity index (χ1n) is 6.15. The van der Waals surface area contributed by atoms with Gasteiger partial charge in [-0.05, 0) is 40.9 Å². The van der Waals surface area contributed by atoms with Crippen molar-refractivity contribution in [3.05, 3.63) is 28.2 Å². The number of carboxylic acid groups (broad SMARTS) is 1. The average Bonchev–Trinajstić information content (AvgIpc) is 2.39. The fourth-order valence-corrected chi connectivity index (χ4v) is 1.97. The van der Waals surface area contributed by atoms with Gasteiger partial charge in [0.2, 0.25) is 5.91 Å². The number of urea groups is 1. The van der Waals surface area contributed by atoms with E-state index in [-0.39, 0.29) is 12.8 Å². The van der Waals surface area contributed by atoms with Crippen molar-refractivity contribution >= 4 is 39.5 Å². The lowest BCUT2D eigenvalue weighted by atomic mass is 10.1. The number of amides is 3. The van der Waals surface area contributed by atoms with E-state index in [0.717, 1.165) is 5.56 Å². The molecule has 3 amide bonds. The molecule has 0 unspecified atom stereocenters. The Labute approximate surface area is 130 Å². The first-order chi connectivity index (χ1) is 9.81. The molecule has 0 radical (unpaired) electrons. The Bertz CT molecular complexity index is 562. The van der Waals surface area contributed by atoms with Gasteiger partial charge in [-0.2, -0.15) is 0 Å². The molecule has 1 atom stereocenters. The molecular formula is C13H16BrN3O4. The summed E-state index contributed by atoms with van der Waals surface area (Å²) in [6.07, 6.45) is -0.182. The summed E-state index contributed by atoms with van der Waals surface area (Å²) in [5.74, 6) is -1.85. The number of rotatable bonds is 6. The van der Waals surface area contributed by atoms with Crippen LogP contribution in [0.5, 0.6) is 0 Å². The van der Waals surface area contributed by atoms with E-state index in [1.165, 1.54) is 0 Å². The second-order valence-corrected chi connectivity index (χ2v) is 5.22. The number of aliphatic carboxylic acids is 1. The third-order valence-corrected chi connectivity index (χ3v) is 3.78. The molecule has 0 bridgehead atoms. The summed E-state index contributed by atoms with van der Waals surface area (Å²) in [5, 5.41) is 13.8. The smallest absolute Gasteiger partial charge is 0.326 e. The lowest BCUT2D eigenvalue weighted by Gasteiger charge is -2.15. The highest BCUT2D eigenvalue weighted by molar-refractivity contribution is 9.10. The van der Waals surface area contributed by atoms with Crippen molar-refractivity contribution in [2.75, 3.05) is 5.32 Å². The van der Waals surface area contributed by atoms with Crippen LogP contribution in [0.2, 0.25) is 0 Å². The van der Waals surface area contributed by atoms with E-state index in [0.29, 0.717) is 10.2 Å². The molecule has 0 aliphatic rings. The van der Waals surface area contributed by atoms with E-state index in [1.807, 2.05) is 13.0 Å². The molecule has 8 heteroatoms. The number of carboxylic acids is 1. The Morgan fingerprint density at radius 1 is 1.38 bits per heavy atom. The second kappa shape index (κ2) is 7.63. The molecule has 1 aromatic carbocycles. The molecular weight excluding hydrogens is 342 g/mol. The van der Waals surface area contributed by atoms with E-state index in [1.54, 1.807) is 12.1 Å². The van der Waals surface area contributed by atoms with Gasteiger partial charge in [-0.25, -0.2) is 9.59 Å². The summed E-state index contributed by atoms with van der Waals surface area (Å²) in [6.45, 7) is 1.86. The van der Waals surface area contributed by atoms with E-state index < -0.39 is 23.9 Å². The van der Waals surface area contributed by atoms with Crippen molar-refractivity contribution in [1.82, 2.24) is 5.32 Å². The third kappa shape index (κ3) is 5.42. The van der Waals surface area contributed by atoms with E-state index in [4.69, 9.17) is 10.8 Å². The van der Waals surface area contributed by atoms with Crippen LogP contribution < -0.4 is 16.4 Å². The van der Waals surface area contributed by atoms with Gasteiger partial charge < -0.3 is 21.5 Å². The average molecular weight is 358 g/mol. The third-order valence-electron chi connectivity index (χ3n) is 2.72. The Morgan fingerprint density at radius 2 is 2.05 bits per heavy atom. The standard InChI is InChI=1S/C13H16BrN3O4/c1-7-3-2-4-8(11(7)14)16-13(21)17-9(12(19)20)5-6-10(15)18/h2-4,9H,5-6H2,1H3,(H2,15,18)(H,19,20)(H2,16,17,21)/t9-/m0/s1. The number of hydrogen-bond acceptors (Lipinski definition) is 3. The molecule has 0 fully saturated rings. The highest BCUT2D eigenvalue weighted by atomic mass is 79.9. The minimum absolute atomic E-state index is 0.0624. The molecule has 0 aromatic heterocycles. The van der Waals surface area contributed by atoms with Gasteiger partial charge in [0, 0.05) is 10.9 Å². The van der Waals surface area contributed by atoms with Crippen LogP contribution in [0, 0.1) is 6.92 Å². The summed E-state index contributed by atoms with van der Waals surface area (Å²) >= 11 is 3.33. The van der Waals surface area contributed by atoms with Crippen molar-refractivity contribution in [3.8, 4) is 0 Å². The maximum atomic E-state index is 11.8. The van der Waals surface area contributed by atoms with E-state index in [9.17, 15) is 14.4 Å². The molecule has 114 valence electrons. The van der Waals surface area contributed by atoms with Gasteiger partial charge >= 0.3 is 12.0 Å². The zero-order valence-corrected chi connectivity index (χ0v) is 12.9. The molecule has 0 saturated carbocycles. The largest absolute Gasteiger partial charge is 0.480 e. The minimum Gasteiger partial charge on any atom is -0.480 e. The summed E-state index contributed by atoms with van der Waals surface area (Å²) in [4.78, 5) is 33.5. The fraction of sp³-hybridized carbons (Fsp3) is 0.308. The summed E-state index contributed by atoms with van der Waals surface area (Å²) < 4.78 is 0.712. The predicted octanol–water partition coefficient (Wildman–Crippen LogP) is 1.60. The van der Waals surface area contributed by atoms with Crippen LogP contribution in [0.3, 0.4) is 0 Å². The van der Waals surface area contributed by atoms with Crippen LogP contribution in [0.4, 0.5) is 10.5 Å². The summed E-state index contributed by atoms with van der Waals surface area (Å²) in [5.41, 5.74) is 6.41. The van der Waals surface area contributed by atoms with Crippen LogP contribution in [-0.2, 0) is 9.59 Å². The molecule has 0 aliphatic heterocycles. The topological polar surface area (TPSA) is 122 Å². The number of carbonyl (C=O) groups excluding carboxylic acids is 2. The van der Waals surface area contributed by atoms with Gasteiger partial charge in [-0.3, -0.25) is 4.79 Å². The number of anilines is 1. The summed E-state index contributed by atoms with van der Waals surface area (Å²) in [6, 6.07) is 3.45. The van der Waals surface area contributed by atoms with Gasteiger partial charge in [0.25, 0.3) is 0 Å². The minimum atomic E-state index is -1.23. The number of nitrogens with one attached hydrogen (secondary N) is 2. The molecule has 0 spiro atoms. The number of nitrogens with two attached hydrogens (primary N) is 1. The maximum Gasteiger partial charge on any atom is 0.326 e. The summed E-state index contributed by atoms with van der Waals surface area (Å²) in [7, 11) is 0. The molecule has 7 nitrogen and oxygen atoms in total. The Morgan fingerprint density at radius 3 is 2.62 bits per heavy atom. The van der Waals surface area contributed by atoms with Crippen LogP contribution in [0.1, 0.15) is 18.4 Å². The number of halogens is 1. The lowest BCUT2D eigenvalue weighted by Crippen LogP contribution is -2.43. The van der Waals surface area contributed by atoms with Crippen molar-refractivity contribution in [2.45, 2.75) is 25.8 Å². The van der Waals surface area contributed by atoms with Crippen LogP contribution in [0.15, 0.2) is 22.7 Å². The second-order valence-electron chi connectivity index (χ2n) is 4.43. The Balaban J connectivity index is 2.67. The quantitative estimate of drug-likeness (QED) is 0.617. The van der Waals surface area contributed by atoms with Crippen molar-refractivity contribution in [3.63, 3.8) is 0 Å². The van der Waals surface area contributed by atoms with Gasteiger partial charge in [0.15, 0.2) is 0 Å². The molecule has 1 aromatic rings. The highest BCUT2D eigenvalue weighted by Gasteiger charge is 2.20. The number of hydrogen-bond donors (Lipinski definition) is 4. The van der Waals surface area contributed by atoms with E-state index >= 15 is 0 Å². The lowest BCUT2D eigenvalue weighted by molar-refractivity contribution is -0.139. The predicted molar refractivity (Wildman–Crippen MR) is 80.9 cm³/mol. The van der Waals surface area contributed by atoms with Crippen LogP contribution in [0.25, 0.3) is 0 Å². The monoisotopic (exact) mass is 357 g/mol. The van der Waals surface area contributed by atoms with Gasteiger partial charge in [-0.1, -0.05) is 12.1 Å². The number of carbonyl (C=O) groups is 3. The normalized spacial score (nSPS) is 11.5. The molecule has 21 heavy (non-hydrogen) atoms. The molecule has 0 aliphatic carbocycles. The first-order valence-corrected chi connectivity index (χ1v) is 6.94. The fourth-order valence-electron chi connectivity index (χ4n) is 1.60. The van der Waals surface area contributed by atoms with E-state index in [2.05, 4.69) is 26.6 Å². The number of aryl methyl sites for hydroxylation is 1. The number of benzene rings is 1. The first kappa shape index (κ1) is 17.0. The van der Waals surface area contributed by atoms with Crippen LogP contribution >= 0.6 is 15.9 Å². The van der Waals surface area contributed by atoms with Crippen molar-refractivity contribution in [2.24, 2.45) is 5.73 Å². The zero-order valence-electron chi connectivity index (χ0n) is 11.4.